The second-order valence-electron chi connectivity index (χ2n) is 6.12. The lowest BCUT2D eigenvalue weighted by molar-refractivity contribution is 0.282. The topological polar surface area (TPSA) is 28.2 Å². The first-order chi connectivity index (χ1) is 9.42. The van der Waals surface area contributed by atoms with Crippen molar-refractivity contribution >= 4 is 0 Å². The molecule has 4 heteroatoms. The molecule has 20 heavy (non-hydrogen) atoms. The van der Waals surface area contributed by atoms with Crippen LogP contribution in [0.2, 0.25) is 0 Å². The first-order valence-electron chi connectivity index (χ1n) is 7.44. The fraction of sp³-hybridized carbons (Fsp3) is 0.688. The zero-order valence-electron chi connectivity index (χ0n) is 13.4. The quantitative estimate of drug-likeness (QED) is 0.793. The third-order valence-electron chi connectivity index (χ3n) is 3.29. The Hall–Kier alpha value is -1.00. The molecular formula is C16H28FN3. The Morgan fingerprint density at radius 3 is 2.45 bits per heavy atom. The molecule has 1 N–H and O–H groups in total. The molecule has 3 nitrogen and oxygen atoms in total. The zero-order chi connectivity index (χ0) is 15.1. The van der Waals surface area contributed by atoms with Crippen LogP contribution in [0.5, 0.6) is 0 Å². The van der Waals surface area contributed by atoms with Crippen LogP contribution in [-0.2, 0) is 0 Å². The SMILES string of the molecule is CCC(NC(CC(C)C)CN(C)C)c1ccc(F)cn1. The van der Waals surface area contributed by atoms with Gasteiger partial charge >= 0.3 is 0 Å². The highest BCUT2D eigenvalue weighted by Gasteiger charge is 2.18. The van der Waals surface area contributed by atoms with E-state index in [1.165, 1.54) is 12.3 Å². The Kier molecular flexibility index (Phi) is 7.10. The summed E-state index contributed by atoms with van der Waals surface area (Å²) in [4.78, 5) is 6.41. The highest BCUT2D eigenvalue weighted by molar-refractivity contribution is 5.10. The monoisotopic (exact) mass is 281 g/mol. The molecular weight excluding hydrogens is 253 g/mol. The van der Waals surface area contributed by atoms with Gasteiger partial charge in [-0.25, -0.2) is 4.39 Å². The van der Waals surface area contributed by atoms with Crippen molar-refractivity contribution in [1.29, 1.82) is 0 Å². The normalized spacial score (nSPS) is 14.8. The van der Waals surface area contributed by atoms with Crippen molar-refractivity contribution in [3.8, 4) is 0 Å². The van der Waals surface area contributed by atoms with Crippen molar-refractivity contribution in [3.63, 3.8) is 0 Å². The predicted molar refractivity (Wildman–Crippen MR) is 82.2 cm³/mol. The molecule has 1 heterocycles. The predicted octanol–water partition coefficient (Wildman–Crippen LogP) is 3.24. The Morgan fingerprint density at radius 2 is 2.00 bits per heavy atom. The van der Waals surface area contributed by atoms with E-state index in [0.717, 1.165) is 25.1 Å². The van der Waals surface area contributed by atoms with Gasteiger partial charge < -0.3 is 10.2 Å². The summed E-state index contributed by atoms with van der Waals surface area (Å²) in [5, 5.41) is 3.68. The van der Waals surface area contributed by atoms with Gasteiger partial charge in [0.1, 0.15) is 5.82 Å². The molecule has 0 bridgehead atoms. The summed E-state index contributed by atoms with van der Waals surface area (Å²) in [7, 11) is 4.18. The summed E-state index contributed by atoms with van der Waals surface area (Å²) in [5.41, 5.74) is 0.918. The van der Waals surface area contributed by atoms with Crippen LogP contribution in [0.3, 0.4) is 0 Å². The van der Waals surface area contributed by atoms with Crippen LogP contribution >= 0.6 is 0 Å². The van der Waals surface area contributed by atoms with Crippen molar-refractivity contribution in [3.05, 3.63) is 29.8 Å². The van der Waals surface area contributed by atoms with Crippen LogP contribution in [0.1, 0.15) is 45.3 Å². The summed E-state index contributed by atoms with van der Waals surface area (Å²) in [5.74, 6) is 0.363. The summed E-state index contributed by atoms with van der Waals surface area (Å²) >= 11 is 0. The fourth-order valence-corrected chi connectivity index (χ4v) is 2.50. The summed E-state index contributed by atoms with van der Waals surface area (Å²) in [6.45, 7) is 7.60. The molecule has 0 saturated carbocycles. The van der Waals surface area contributed by atoms with Gasteiger partial charge in [-0.15, -0.1) is 0 Å². The molecule has 1 aromatic heterocycles. The van der Waals surface area contributed by atoms with E-state index in [1.807, 2.05) is 0 Å². The van der Waals surface area contributed by atoms with E-state index in [2.05, 4.69) is 50.1 Å². The average molecular weight is 281 g/mol. The van der Waals surface area contributed by atoms with Crippen molar-refractivity contribution in [1.82, 2.24) is 15.2 Å². The minimum atomic E-state index is -0.282. The van der Waals surface area contributed by atoms with Crippen LogP contribution in [0.4, 0.5) is 4.39 Å². The number of hydrogen-bond donors (Lipinski definition) is 1. The second kappa shape index (κ2) is 8.32. The third-order valence-corrected chi connectivity index (χ3v) is 3.29. The summed E-state index contributed by atoms with van der Waals surface area (Å²) < 4.78 is 13.0. The number of hydrogen-bond acceptors (Lipinski definition) is 3. The van der Waals surface area contributed by atoms with Crippen LogP contribution in [0.25, 0.3) is 0 Å². The minimum absolute atomic E-state index is 0.180. The maximum absolute atomic E-state index is 13.0. The molecule has 2 atom stereocenters. The number of rotatable bonds is 8. The summed E-state index contributed by atoms with van der Waals surface area (Å²) in [6.07, 6.45) is 3.36. The van der Waals surface area contributed by atoms with Crippen molar-refractivity contribution < 1.29 is 4.39 Å². The molecule has 0 amide bonds. The van der Waals surface area contributed by atoms with E-state index in [4.69, 9.17) is 0 Å². The maximum atomic E-state index is 13.0. The van der Waals surface area contributed by atoms with E-state index >= 15 is 0 Å². The van der Waals surface area contributed by atoms with Gasteiger partial charge in [0.25, 0.3) is 0 Å². The Balaban J connectivity index is 2.74. The number of nitrogens with zero attached hydrogens (tertiary/aromatic N) is 2. The van der Waals surface area contributed by atoms with Gasteiger partial charge in [0, 0.05) is 18.6 Å². The molecule has 0 aliphatic heterocycles. The van der Waals surface area contributed by atoms with E-state index < -0.39 is 0 Å². The number of nitrogens with one attached hydrogen (secondary N) is 1. The van der Waals surface area contributed by atoms with Gasteiger partial charge in [-0.3, -0.25) is 4.98 Å². The molecule has 1 rings (SSSR count). The van der Waals surface area contributed by atoms with Crippen LogP contribution in [0, 0.1) is 11.7 Å². The molecule has 0 saturated heterocycles. The second-order valence-corrected chi connectivity index (χ2v) is 6.12. The van der Waals surface area contributed by atoms with Gasteiger partial charge in [-0.2, -0.15) is 0 Å². The highest BCUT2D eigenvalue weighted by atomic mass is 19.1. The van der Waals surface area contributed by atoms with E-state index in [9.17, 15) is 4.39 Å². The van der Waals surface area contributed by atoms with E-state index in [-0.39, 0.29) is 11.9 Å². The Morgan fingerprint density at radius 1 is 1.30 bits per heavy atom. The molecule has 0 spiro atoms. The molecule has 0 aliphatic rings. The van der Waals surface area contributed by atoms with E-state index in [0.29, 0.717) is 12.0 Å². The number of likely N-dealkylation sites (N-methyl/N-ethyl adjacent to an activating group) is 1. The van der Waals surface area contributed by atoms with Gasteiger partial charge in [0.05, 0.1) is 11.9 Å². The number of pyridine rings is 1. The smallest absolute Gasteiger partial charge is 0.141 e. The largest absolute Gasteiger partial charge is 0.308 e. The van der Waals surface area contributed by atoms with Crippen molar-refractivity contribution in [2.75, 3.05) is 20.6 Å². The van der Waals surface area contributed by atoms with Gasteiger partial charge in [-0.1, -0.05) is 20.8 Å². The van der Waals surface area contributed by atoms with Gasteiger partial charge in [0.15, 0.2) is 0 Å². The standard InChI is InChI=1S/C16H28FN3/c1-6-15(16-8-7-13(17)10-18-16)19-14(9-12(2)3)11-20(4)5/h7-8,10,12,14-15,19H,6,9,11H2,1-5H3. The van der Waals surface area contributed by atoms with Crippen molar-refractivity contribution in [2.24, 2.45) is 5.92 Å². The maximum Gasteiger partial charge on any atom is 0.141 e. The summed E-state index contributed by atoms with van der Waals surface area (Å²) in [6, 6.07) is 3.86. The molecule has 0 fully saturated rings. The third kappa shape index (κ3) is 5.97. The van der Waals surface area contributed by atoms with Gasteiger partial charge in [0.2, 0.25) is 0 Å². The molecule has 0 radical (unpaired) electrons. The average Bonchev–Trinajstić information content (AvgIpc) is 2.35. The lowest BCUT2D eigenvalue weighted by Gasteiger charge is -2.28. The fourth-order valence-electron chi connectivity index (χ4n) is 2.50. The molecule has 1 aromatic rings. The van der Waals surface area contributed by atoms with E-state index in [1.54, 1.807) is 6.07 Å². The zero-order valence-corrected chi connectivity index (χ0v) is 13.4. The van der Waals surface area contributed by atoms with Crippen LogP contribution < -0.4 is 5.32 Å². The van der Waals surface area contributed by atoms with Gasteiger partial charge in [-0.05, 0) is 45.0 Å². The minimum Gasteiger partial charge on any atom is -0.308 e. The number of aromatic nitrogens is 1. The lowest BCUT2D eigenvalue weighted by atomic mass is 10.0. The Labute approximate surface area is 122 Å². The first kappa shape index (κ1) is 17.1. The van der Waals surface area contributed by atoms with Crippen LogP contribution in [-0.4, -0.2) is 36.6 Å². The molecule has 2 unspecified atom stereocenters. The van der Waals surface area contributed by atoms with Crippen LogP contribution in [0.15, 0.2) is 18.3 Å². The molecule has 114 valence electrons. The highest BCUT2D eigenvalue weighted by Crippen LogP contribution is 2.17. The lowest BCUT2D eigenvalue weighted by Crippen LogP contribution is -2.41. The molecule has 0 aliphatic carbocycles. The Bertz CT molecular complexity index is 366. The number of halogens is 1. The van der Waals surface area contributed by atoms with Crippen molar-refractivity contribution in [2.45, 2.75) is 45.7 Å². The molecule has 0 aromatic carbocycles. The first-order valence-corrected chi connectivity index (χ1v) is 7.44.